The first-order valence-corrected chi connectivity index (χ1v) is 6.74. The quantitative estimate of drug-likeness (QED) is 0.777. The van der Waals surface area contributed by atoms with Gasteiger partial charge in [0, 0.05) is 0 Å². The van der Waals surface area contributed by atoms with E-state index in [1.165, 1.54) is 11.1 Å². The summed E-state index contributed by atoms with van der Waals surface area (Å²) in [7, 11) is 0. The van der Waals surface area contributed by atoms with Crippen LogP contribution in [0.2, 0.25) is 0 Å². The zero-order chi connectivity index (χ0) is 12.6. The van der Waals surface area contributed by atoms with E-state index >= 15 is 0 Å². The van der Waals surface area contributed by atoms with Crippen molar-refractivity contribution in [2.45, 2.75) is 52.6 Å². The molecule has 94 valence electrons. The Morgan fingerprint density at radius 2 is 1.94 bits per heavy atom. The van der Waals surface area contributed by atoms with Gasteiger partial charge in [0.15, 0.2) is 0 Å². The predicted molar refractivity (Wildman–Crippen MR) is 72.0 cm³/mol. The molecule has 1 saturated carbocycles. The molecule has 1 aromatic carbocycles. The highest BCUT2D eigenvalue weighted by Gasteiger charge is 2.40. The third-order valence-electron chi connectivity index (χ3n) is 4.66. The summed E-state index contributed by atoms with van der Waals surface area (Å²) in [4.78, 5) is 0. The van der Waals surface area contributed by atoms with Crippen LogP contribution >= 0.6 is 0 Å². The van der Waals surface area contributed by atoms with E-state index in [1.807, 2.05) is 0 Å². The molecule has 3 atom stereocenters. The maximum absolute atomic E-state index is 11.0. The van der Waals surface area contributed by atoms with Crippen LogP contribution in [0.4, 0.5) is 0 Å². The maximum atomic E-state index is 11.0. The second-order valence-electron chi connectivity index (χ2n) is 5.95. The Morgan fingerprint density at radius 1 is 1.24 bits per heavy atom. The third kappa shape index (κ3) is 2.13. The van der Waals surface area contributed by atoms with Crippen molar-refractivity contribution >= 4 is 0 Å². The van der Waals surface area contributed by atoms with Gasteiger partial charge < -0.3 is 5.11 Å². The first-order valence-electron chi connectivity index (χ1n) is 6.74. The minimum atomic E-state index is -0.609. The fourth-order valence-corrected chi connectivity index (χ4v) is 3.25. The summed E-state index contributed by atoms with van der Waals surface area (Å²) in [5, 5.41) is 11.0. The van der Waals surface area contributed by atoms with Gasteiger partial charge in [0.05, 0.1) is 5.60 Å². The minimum absolute atomic E-state index is 0.353. The molecule has 1 heteroatoms. The SMILES string of the molecule is Cc1cccc(C2(O)CCC(C)CC2C)c1C. The van der Waals surface area contributed by atoms with Gasteiger partial charge in [0.1, 0.15) is 0 Å². The topological polar surface area (TPSA) is 20.2 Å². The molecule has 0 radical (unpaired) electrons. The molecule has 0 bridgehead atoms. The van der Waals surface area contributed by atoms with Gasteiger partial charge in [-0.2, -0.15) is 0 Å². The van der Waals surface area contributed by atoms with Gasteiger partial charge >= 0.3 is 0 Å². The average Bonchev–Trinajstić information content (AvgIpc) is 2.28. The first kappa shape index (κ1) is 12.6. The molecule has 0 aromatic heterocycles. The van der Waals surface area contributed by atoms with Gasteiger partial charge in [0.25, 0.3) is 0 Å². The van der Waals surface area contributed by atoms with Gasteiger partial charge in [-0.15, -0.1) is 0 Å². The molecule has 0 aliphatic heterocycles. The molecule has 0 heterocycles. The molecule has 1 aromatic rings. The lowest BCUT2D eigenvalue weighted by Gasteiger charge is -2.42. The Kier molecular flexibility index (Phi) is 3.31. The first-order chi connectivity index (χ1) is 7.95. The summed E-state index contributed by atoms with van der Waals surface area (Å²) < 4.78 is 0. The summed E-state index contributed by atoms with van der Waals surface area (Å²) >= 11 is 0. The molecule has 1 fully saturated rings. The Labute approximate surface area is 105 Å². The largest absolute Gasteiger partial charge is 0.385 e. The summed E-state index contributed by atoms with van der Waals surface area (Å²) in [5.41, 5.74) is 3.08. The Hall–Kier alpha value is -0.820. The predicted octanol–water partition coefficient (Wildman–Crippen LogP) is 3.95. The second kappa shape index (κ2) is 4.45. The number of hydrogen-bond donors (Lipinski definition) is 1. The van der Waals surface area contributed by atoms with Crippen LogP contribution in [0.15, 0.2) is 18.2 Å². The van der Waals surface area contributed by atoms with E-state index in [1.54, 1.807) is 0 Å². The Balaban J connectivity index is 2.41. The van der Waals surface area contributed by atoms with Crippen molar-refractivity contribution in [3.63, 3.8) is 0 Å². The van der Waals surface area contributed by atoms with Crippen LogP contribution in [-0.2, 0) is 5.60 Å². The van der Waals surface area contributed by atoms with Crippen molar-refractivity contribution in [3.8, 4) is 0 Å². The summed E-state index contributed by atoms with van der Waals surface area (Å²) in [5.74, 6) is 1.10. The van der Waals surface area contributed by atoms with E-state index in [0.717, 1.165) is 30.7 Å². The van der Waals surface area contributed by atoms with Crippen LogP contribution in [0.25, 0.3) is 0 Å². The van der Waals surface area contributed by atoms with Gasteiger partial charge in [-0.3, -0.25) is 0 Å². The number of benzene rings is 1. The zero-order valence-electron chi connectivity index (χ0n) is 11.5. The Morgan fingerprint density at radius 3 is 2.59 bits per heavy atom. The van der Waals surface area contributed by atoms with Gasteiger partial charge in [-0.25, -0.2) is 0 Å². The molecule has 1 nitrogen and oxygen atoms in total. The normalized spacial score (nSPS) is 33.7. The molecule has 17 heavy (non-hydrogen) atoms. The molecular weight excluding hydrogens is 208 g/mol. The van der Waals surface area contributed by atoms with Gasteiger partial charge in [-0.05, 0) is 61.6 Å². The molecule has 0 amide bonds. The van der Waals surface area contributed by atoms with Crippen LogP contribution in [0.3, 0.4) is 0 Å². The monoisotopic (exact) mass is 232 g/mol. The molecule has 1 aliphatic carbocycles. The van der Waals surface area contributed by atoms with Crippen LogP contribution in [0.5, 0.6) is 0 Å². The van der Waals surface area contributed by atoms with Crippen molar-refractivity contribution in [1.82, 2.24) is 0 Å². The minimum Gasteiger partial charge on any atom is -0.385 e. The van der Waals surface area contributed by atoms with Gasteiger partial charge in [-0.1, -0.05) is 32.0 Å². The van der Waals surface area contributed by atoms with Crippen molar-refractivity contribution in [1.29, 1.82) is 0 Å². The summed E-state index contributed by atoms with van der Waals surface area (Å²) in [6.07, 6.45) is 3.16. The Bertz CT molecular complexity index is 410. The standard InChI is InChI=1S/C16H24O/c1-11-8-9-16(17,13(3)10-11)15-7-5-6-12(2)14(15)4/h5-7,11,13,17H,8-10H2,1-4H3. The van der Waals surface area contributed by atoms with Crippen molar-refractivity contribution in [2.75, 3.05) is 0 Å². The van der Waals surface area contributed by atoms with Crippen molar-refractivity contribution < 1.29 is 5.11 Å². The molecule has 2 rings (SSSR count). The number of hydrogen-bond acceptors (Lipinski definition) is 1. The van der Waals surface area contributed by atoms with Crippen LogP contribution in [0.1, 0.15) is 49.8 Å². The van der Waals surface area contributed by atoms with E-state index in [-0.39, 0.29) is 0 Å². The summed E-state index contributed by atoms with van der Waals surface area (Å²) in [6.45, 7) is 8.74. The zero-order valence-corrected chi connectivity index (χ0v) is 11.5. The van der Waals surface area contributed by atoms with Crippen molar-refractivity contribution in [3.05, 3.63) is 34.9 Å². The maximum Gasteiger partial charge on any atom is 0.0924 e. The van der Waals surface area contributed by atoms with Crippen LogP contribution in [-0.4, -0.2) is 5.11 Å². The third-order valence-corrected chi connectivity index (χ3v) is 4.66. The highest BCUT2D eigenvalue weighted by molar-refractivity contribution is 5.37. The van der Waals surface area contributed by atoms with E-state index in [0.29, 0.717) is 5.92 Å². The highest BCUT2D eigenvalue weighted by Crippen LogP contribution is 2.44. The molecule has 0 saturated heterocycles. The lowest BCUT2D eigenvalue weighted by Crippen LogP contribution is -2.39. The number of aliphatic hydroxyl groups is 1. The number of aryl methyl sites for hydroxylation is 1. The molecule has 0 spiro atoms. The lowest BCUT2D eigenvalue weighted by molar-refractivity contribution is -0.0592. The fraction of sp³-hybridized carbons (Fsp3) is 0.625. The average molecular weight is 232 g/mol. The van der Waals surface area contributed by atoms with Crippen molar-refractivity contribution in [2.24, 2.45) is 11.8 Å². The molecule has 3 unspecified atom stereocenters. The van der Waals surface area contributed by atoms with Crippen LogP contribution < -0.4 is 0 Å². The molecular formula is C16H24O. The lowest BCUT2D eigenvalue weighted by atomic mass is 9.68. The molecule has 1 N–H and O–H groups in total. The van der Waals surface area contributed by atoms with E-state index in [9.17, 15) is 5.11 Å². The molecule has 1 aliphatic rings. The van der Waals surface area contributed by atoms with Gasteiger partial charge in [0.2, 0.25) is 0 Å². The summed E-state index contributed by atoms with van der Waals surface area (Å²) in [6, 6.07) is 6.30. The number of rotatable bonds is 1. The second-order valence-corrected chi connectivity index (χ2v) is 5.95. The van der Waals surface area contributed by atoms with E-state index < -0.39 is 5.60 Å². The van der Waals surface area contributed by atoms with E-state index in [2.05, 4.69) is 45.9 Å². The fourth-order valence-electron chi connectivity index (χ4n) is 3.25. The smallest absolute Gasteiger partial charge is 0.0924 e. The van der Waals surface area contributed by atoms with E-state index in [4.69, 9.17) is 0 Å². The van der Waals surface area contributed by atoms with Crippen LogP contribution in [0, 0.1) is 25.7 Å². The highest BCUT2D eigenvalue weighted by atomic mass is 16.3.